The summed E-state index contributed by atoms with van der Waals surface area (Å²) in [5.74, 6) is 0.615. The molecule has 0 aromatic heterocycles. The Labute approximate surface area is 203 Å². The lowest BCUT2D eigenvalue weighted by Gasteiger charge is -2.37. The highest BCUT2D eigenvalue weighted by Gasteiger charge is 2.55. The van der Waals surface area contributed by atoms with E-state index in [0.717, 1.165) is 70.2 Å². The van der Waals surface area contributed by atoms with Gasteiger partial charge in [0, 0.05) is 12.6 Å². The molecule has 3 nitrogen and oxygen atoms in total. The Hall–Kier alpha value is -2.41. The minimum atomic E-state index is -4.39. The van der Waals surface area contributed by atoms with Crippen molar-refractivity contribution in [2.24, 2.45) is 11.3 Å². The summed E-state index contributed by atoms with van der Waals surface area (Å²) < 4.78 is 52.4. The average Bonchev–Trinajstić information content (AvgIpc) is 3.62. The van der Waals surface area contributed by atoms with Crippen LogP contribution in [0.1, 0.15) is 67.6 Å². The summed E-state index contributed by atoms with van der Waals surface area (Å²) in [5.41, 5.74) is 0.571. The van der Waals surface area contributed by atoms with E-state index in [1.54, 1.807) is 6.07 Å². The second-order valence-corrected chi connectivity index (χ2v) is 10.6. The third-order valence-corrected chi connectivity index (χ3v) is 8.43. The topological polar surface area (TPSA) is 32.3 Å². The zero-order chi connectivity index (χ0) is 24.6. The van der Waals surface area contributed by atoms with Crippen LogP contribution in [0.15, 0.2) is 48.5 Å². The molecule has 0 radical (unpaired) electrons. The van der Waals surface area contributed by atoms with E-state index in [1.807, 2.05) is 12.1 Å². The van der Waals surface area contributed by atoms with Crippen LogP contribution >= 0.6 is 0 Å². The van der Waals surface area contributed by atoms with Gasteiger partial charge in [-0.05, 0) is 105 Å². The van der Waals surface area contributed by atoms with Crippen molar-refractivity contribution < 1.29 is 22.4 Å². The van der Waals surface area contributed by atoms with Crippen molar-refractivity contribution in [1.82, 2.24) is 10.2 Å². The highest BCUT2D eigenvalue weighted by molar-refractivity contribution is 5.83. The molecule has 2 aliphatic carbocycles. The van der Waals surface area contributed by atoms with Gasteiger partial charge in [0.1, 0.15) is 5.82 Å². The molecule has 2 unspecified atom stereocenters. The fourth-order valence-corrected chi connectivity index (χ4v) is 6.31. The number of alkyl halides is 3. The van der Waals surface area contributed by atoms with Crippen LogP contribution in [-0.4, -0.2) is 29.9 Å². The van der Waals surface area contributed by atoms with E-state index in [-0.39, 0.29) is 18.3 Å². The first kappa shape index (κ1) is 24.3. The zero-order valence-electron chi connectivity index (χ0n) is 19.8. The summed E-state index contributed by atoms with van der Waals surface area (Å²) in [6.45, 7) is 2.06. The third kappa shape index (κ3) is 5.25. The minimum Gasteiger partial charge on any atom is -0.352 e. The Morgan fingerprint density at radius 3 is 2.37 bits per heavy atom. The number of rotatable bonds is 6. The molecule has 188 valence electrons. The number of nitrogens with one attached hydrogen (secondary N) is 1. The molecule has 0 bridgehead atoms. The van der Waals surface area contributed by atoms with Gasteiger partial charge in [0.25, 0.3) is 0 Å². The van der Waals surface area contributed by atoms with Crippen molar-refractivity contribution in [2.75, 3.05) is 13.1 Å². The Morgan fingerprint density at radius 2 is 1.71 bits per heavy atom. The molecule has 5 rings (SSSR count). The number of hydrogen-bond donors (Lipinski definition) is 1. The fraction of sp³-hybridized carbons (Fsp3) is 0.536. The van der Waals surface area contributed by atoms with E-state index in [0.29, 0.717) is 23.4 Å². The van der Waals surface area contributed by atoms with Crippen LogP contribution in [0.25, 0.3) is 0 Å². The Bertz CT molecular complexity index is 1040. The number of likely N-dealkylation sites (tertiary alicyclic amines) is 1. The lowest BCUT2D eigenvalue weighted by Crippen LogP contribution is -2.44. The number of amides is 1. The molecule has 2 aromatic carbocycles. The number of carbonyl (C=O) groups is 1. The predicted molar refractivity (Wildman–Crippen MR) is 126 cm³/mol. The van der Waals surface area contributed by atoms with Crippen molar-refractivity contribution in [1.29, 1.82) is 0 Å². The molecule has 2 atom stereocenters. The quantitative estimate of drug-likeness (QED) is 0.485. The zero-order valence-corrected chi connectivity index (χ0v) is 19.8. The maximum absolute atomic E-state index is 13.4. The molecular formula is C28H32F4N2O. The molecule has 1 aliphatic heterocycles. The van der Waals surface area contributed by atoms with Crippen LogP contribution in [0.5, 0.6) is 0 Å². The van der Waals surface area contributed by atoms with E-state index in [9.17, 15) is 22.4 Å². The lowest BCUT2D eigenvalue weighted by atomic mass is 9.79. The van der Waals surface area contributed by atoms with Gasteiger partial charge < -0.3 is 10.2 Å². The summed E-state index contributed by atoms with van der Waals surface area (Å²) in [4.78, 5) is 15.9. The van der Waals surface area contributed by atoms with Crippen molar-refractivity contribution in [2.45, 2.75) is 69.6 Å². The standard InChI is InChI=1S/C28H32F4N2O/c29-24-8-4-20(5-9-24)21-11-14-34(15-12-21)25-10-13-27(17-25,22-6-7-22)26(35)33-18-19-2-1-3-23(16-19)28(30,31)32/h1-5,8-9,16,21-22,25H,6-7,10-15,17-18H2,(H,33,35). The third-order valence-electron chi connectivity index (χ3n) is 8.43. The van der Waals surface area contributed by atoms with Gasteiger partial charge in [0.15, 0.2) is 0 Å². The summed E-state index contributed by atoms with van der Waals surface area (Å²) in [6, 6.07) is 12.4. The highest BCUT2D eigenvalue weighted by atomic mass is 19.4. The Kier molecular flexibility index (Phi) is 6.64. The SMILES string of the molecule is O=C(NCc1cccc(C(F)(F)F)c1)C1(C2CC2)CCC(N2CCC(c3ccc(F)cc3)CC2)C1. The van der Waals surface area contributed by atoms with E-state index in [4.69, 9.17) is 0 Å². The van der Waals surface area contributed by atoms with Crippen molar-refractivity contribution in [3.63, 3.8) is 0 Å². The molecule has 0 spiro atoms. The molecule has 7 heteroatoms. The molecule has 1 amide bonds. The molecule has 1 saturated heterocycles. The monoisotopic (exact) mass is 488 g/mol. The second kappa shape index (κ2) is 9.57. The first-order valence-corrected chi connectivity index (χ1v) is 12.7. The maximum Gasteiger partial charge on any atom is 0.416 e. The van der Waals surface area contributed by atoms with Gasteiger partial charge in [0.05, 0.1) is 11.0 Å². The smallest absolute Gasteiger partial charge is 0.352 e. The van der Waals surface area contributed by atoms with Crippen LogP contribution < -0.4 is 5.32 Å². The summed E-state index contributed by atoms with van der Waals surface area (Å²) in [6.07, 6.45) is 2.42. The van der Waals surface area contributed by atoms with Gasteiger partial charge >= 0.3 is 6.18 Å². The first-order valence-electron chi connectivity index (χ1n) is 12.7. The highest BCUT2D eigenvalue weighted by Crippen LogP contribution is 2.56. The number of benzene rings is 2. The molecule has 35 heavy (non-hydrogen) atoms. The van der Waals surface area contributed by atoms with Crippen LogP contribution in [0, 0.1) is 17.2 Å². The van der Waals surface area contributed by atoms with Gasteiger partial charge in [-0.15, -0.1) is 0 Å². The van der Waals surface area contributed by atoms with E-state index in [1.165, 1.54) is 23.8 Å². The molecule has 1 heterocycles. The minimum absolute atomic E-state index is 0.00103. The number of halogens is 4. The molecular weight excluding hydrogens is 456 g/mol. The molecule has 3 fully saturated rings. The van der Waals surface area contributed by atoms with Crippen LogP contribution in [0.3, 0.4) is 0 Å². The molecule has 2 aromatic rings. The van der Waals surface area contributed by atoms with Gasteiger partial charge in [-0.2, -0.15) is 13.2 Å². The lowest BCUT2D eigenvalue weighted by molar-refractivity contribution is -0.137. The Balaban J connectivity index is 1.19. The van der Waals surface area contributed by atoms with Crippen LogP contribution in [-0.2, 0) is 17.5 Å². The van der Waals surface area contributed by atoms with E-state index < -0.39 is 17.2 Å². The largest absolute Gasteiger partial charge is 0.416 e. The van der Waals surface area contributed by atoms with Gasteiger partial charge in [0.2, 0.25) is 5.91 Å². The maximum atomic E-state index is 13.4. The molecule has 3 aliphatic rings. The average molecular weight is 489 g/mol. The number of carbonyl (C=O) groups excluding carboxylic acids is 1. The number of hydrogen-bond acceptors (Lipinski definition) is 2. The van der Waals surface area contributed by atoms with Crippen LogP contribution in [0.4, 0.5) is 17.6 Å². The summed E-state index contributed by atoms with van der Waals surface area (Å²) in [5, 5.41) is 2.98. The van der Waals surface area contributed by atoms with Gasteiger partial charge in [-0.25, -0.2) is 4.39 Å². The second-order valence-electron chi connectivity index (χ2n) is 10.6. The van der Waals surface area contributed by atoms with E-state index in [2.05, 4.69) is 10.2 Å². The molecule has 1 N–H and O–H groups in total. The molecule has 2 saturated carbocycles. The van der Waals surface area contributed by atoms with Crippen molar-refractivity contribution in [3.8, 4) is 0 Å². The fourth-order valence-electron chi connectivity index (χ4n) is 6.31. The predicted octanol–water partition coefficient (Wildman–Crippen LogP) is 6.29. The van der Waals surface area contributed by atoms with Crippen molar-refractivity contribution >= 4 is 5.91 Å². The normalized spacial score (nSPS) is 26.1. The number of nitrogens with zero attached hydrogens (tertiary/aromatic N) is 1. The van der Waals surface area contributed by atoms with Crippen LogP contribution in [0.2, 0.25) is 0 Å². The first-order chi connectivity index (χ1) is 16.7. The van der Waals surface area contributed by atoms with Gasteiger partial charge in [-0.3, -0.25) is 4.79 Å². The summed E-state index contributed by atoms with van der Waals surface area (Å²) >= 11 is 0. The van der Waals surface area contributed by atoms with Crippen molar-refractivity contribution in [3.05, 3.63) is 71.0 Å². The van der Waals surface area contributed by atoms with Gasteiger partial charge in [-0.1, -0.05) is 24.3 Å². The summed E-state index contributed by atoms with van der Waals surface area (Å²) in [7, 11) is 0. The Morgan fingerprint density at radius 1 is 1.00 bits per heavy atom. The number of piperidine rings is 1. The van der Waals surface area contributed by atoms with E-state index >= 15 is 0 Å².